The minimum absolute atomic E-state index is 0.00551. The van der Waals surface area contributed by atoms with Crippen molar-refractivity contribution in [2.24, 2.45) is 0 Å². The molecule has 1 aromatic rings. The molecule has 1 atom stereocenters. The third kappa shape index (κ3) is 2.89. The maximum atomic E-state index is 12.0. The lowest BCUT2D eigenvalue weighted by atomic mass is 10.3. The molecule has 0 bridgehead atoms. The van der Waals surface area contributed by atoms with Gasteiger partial charge in [0, 0.05) is 6.54 Å². The van der Waals surface area contributed by atoms with Crippen LogP contribution in [0.4, 0.5) is 14.6 Å². The fourth-order valence-corrected chi connectivity index (χ4v) is 0.993. The molecular formula is C8H11F2N3O3. The summed E-state index contributed by atoms with van der Waals surface area (Å²) in [6.07, 6.45) is -3.59. The smallest absolute Gasteiger partial charge is 0.295 e. The first-order valence-electron chi connectivity index (χ1n) is 4.38. The number of aliphatic hydroxyl groups is 1. The maximum absolute atomic E-state index is 12.0. The first-order chi connectivity index (χ1) is 7.56. The van der Waals surface area contributed by atoms with Gasteiger partial charge in [0.1, 0.15) is 6.10 Å². The van der Waals surface area contributed by atoms with Gasteiger partial charge in [0.05, 0.1) is 13.4 Å². The first kappa shape index (κ1) is 12.4. The molecule has 0 radical (unpaired) electrons. The van der Waals surface area contributed by atoms with Gasteiger partial charge in [-0.2, -0.15) is 0 Å². The van der Waals surface area contributed by atoms with E-state index in [-0.39, 0.29) is 11.6 Å². The van der Waals surface area contributed by atoms with Crippen LogP contribution in [-0.2, 0) is 0 Å². The van der Waals surface area contributed by atoms with E-state index >= 15 is 0 Å². The molecule has 90 valence electrons. The summed E-state index contributed by atoms with van der Waals surface area (Å²) in [5.74, 6) is -0.116. The van der Waals surface area contributed by atoms with Gasteiger partial charge >= 0.3 is 0 Å². The molecule has 0 spiro atoms. The number of alkyl halides is 2. The molecule has 0 aliphatic carbocycles. The van der Waals surface area contributed by atoms with E-state index in [1.165, 1.54) is 7.11 Å². The van der Waals surface area contributed by atoms with Crippen LogP contribution in [0, 0.1) is 0 Å². The molecule has 1 rings (SSSR count). The predicted molar refractivity (Wildman–Crippen MR) is 51.9 cm³/mol. The topological polar surface area (TPSA) is 87.2 Å². The second-order valence-corrected chi connectivity index (χ2v) is 2.90. The lowest BCUT2D eigenvalue weighted by molar-refractivity contribution is 0.00378. The number of nitrogens with zero attached hydrogens (tertiary/aromatic N) is 1. The monoisotopic (exact) mass is 235 g/mol. The quantitative estimate of drug-likeness (QED) is 0.658. The van der Waals surface area contributed by atoms with Crippen LogP contribution in [0.15, 0.2) is 11.1 Å². The molecule has 0 aliphatic rings. The highest BCUT2D eigenvalue weighted by Crippen LogP contribution is 2.14. The van der Waals surface area contributed by atoms with Crippen LogP contribution in [0.2, 0.25) is 0 Å². The fourth-order valence-electron chi connectivity index (χ4n) is 0.993. The summed E-state index contributed by atoms with van der Waals surface area (Å²) in [5.41, 5.74) is -0.536. The van der Waals surface area contributed by atoms with E-state index in [2.05, 4.69) is 15.3 Å². The van der Waals surface area contributed by atoms with E-state index in [1.807, 2.05) is 0 Å². The second-order valence-electron chi connectivity index (χ2n) is 2.90. The molecule has 1 unspecified atom stereocenters. The van der Waals surface area contributed by atoms with Crippen molar-refractivity contribution >= 4 is 5.82 Å². The van der Waals surface area contributed by atoms with Crippen molar-refractivity contribution in [1.82, 2.24) is 9.97 Å². The second kappa shape index (κ2) is 5.40. The van der Waals surface area contributed by atoms with Crippen LogP contribution >= 0.6 is 0 Å². The highest BCUT2D eigenvalue weighted by Gasteiger charge is 2.17. The number of methoxy groups -OCH3 is 1. The van der Waals surface area contributed by atoms with Gasteiger partial charge in [-0.1, -0.05) is 0 Å². The number of halogens is 2. The Morgan fingerprint density at radius 2 is 2.38 bits per heavy atom. The molecule has 0 aromatic carbocycles. The van der Waals surface area contributed by atoms with Crippen molar-refractivity contribution in [3.8, 4) is 5.75 Å². The number of nitrogens with one attached hydrogen (secondary N) is 2. The van der Waals surface area contributed by atoms with Gasteiger partial charge < -0.3 is 20.1 Å². The highest BCUT2D eigenvalue weighted by atomic mass is 19.3. The minimum Gasteiger partial charge on any atom is -0.489 e. The van der Waals surface area contributed by atoms with Crippen LogP contribution in [-0.4, -0.2) is 41.3 Å². The molecule has 1 heterocycles. The third-order valence-corrected chi connectivity index (χ3v) is 1.78. The third-order valence-electron chi connectivity index (χ3n) is 1.78. The van der Waals surface area contributed by atoms with Crippen molar-refractivity contribution in [3.63, 3.8) is 0 Å². The summed E-state index contributed by atoms with van der Waals surface area (Å²) >= 11 is 0. The van der Waals surface area contributed by atoms with Gasteiger partial charge in [-0.15, -0.1) is 0 Å². The van der Waals surface area contributed by atoms with Gasteiger partial charge in [0.15, 0.2) is 5.82 Å². The Morgan fingerprint density at radius 1 is 1.69 bits per heavy atom. The van der Waals surface area contributed by atoms with Crippen LogP contribution in [0.1, 0.15) is 0 Å². The van der Waals surface area contributed by atoms with Crippen molar-refractivity contribution < 1.29 is 18.6 Å². The van der Waals surface area contributed by atoms with Crippen LogP contribution in [0.25, 0.3) is 0 Å². The molecular weight excluding hydrogens is 224 g/mol. The van der Waals surface area contributed by atoms with E-state index in [4.69, 9.17) is 9.84 Å². The summed E-state index contributed by atoms with van der Waals surface area (Å²) in [4.78, 5) is 17.1. The van der Waals surface area contributed by atoms with Gasteiger partial charge in [-0.05, 0) is 0 Å². The molecule has 6 nitrogen and oxygen atoms in total. The number of H-pyrrole nitrogens is 1. The first-order valence-corrected chi connectivity index (χ1v) is 4.38. The maximum Gasteiger partial charge on any atom is 0.295 e. The zero-order valence-electron chi connectivity index (χ0n) is 8.41. The number of aromatic amines is 1. The summed E-state index contributed by atoms with van der Waals surface area (Å²) in [6, 6.07) is 0. The van der Waals surface area contributed by atoms with Gasteiger partial charge in [0.25, 0.3) is 12.0 Å². The molecule has 0 aliphatic heterocycles. The molecule has 0 saturated carbocycles. The number of aliphatic hydroxyl groups excluding tert-OH is 1. The summed E-state index contributed by atoms with van der Waals surface area (Å²) < 4.78 is 28.7. The Morgan fingerprint density at radius 3 is 2.94 bits per heavy atom. The zero-order chi connectivity index (χ0) is 12.1. The minimum atomic E-state index is -2.86. The average Bonchev–Trinajstić information content (AvgIpc) is 2.25. The molecule has 0 amide bonds. The van der Waals surface area contributed by atoms with Gasteiger partial charge in [-0.3, -0.25) is 4.79 Å². The molecule has 0 fully saturated rings. The number of hydrogen-bond donors (Lipinski definition) is 3. The van der Waals surface area contributed by atoms with Crippen molar-refractivity contribution in [3.05, 3.63) is 16.7 Å². The standard InChI is InChI=1S/C8H11F2N3O3/c1-16-5-7(12-3-13-8(5)15)11-2-4(14)6(9)10/h3-4,6,14H,2H2,1H3,(H2,11,12,13,15). The number of ether oxygens (including phenoxy) is 1. The Labute approximate surface area is 89.3 Å². The van der Waals surface area contributed by atoms with Crippen molar-refractivity contribution in [2.45, 2.75) is 12.5 Å². The number of rotatable bonds is 5. The highest BCUT2D eigenvalue weighted by molar-refractivity contribution is 5.47. The Kier molecular flexibility index (Phi) is 4.18. The summed E-state index contributed by atoms with van der Waals surface area (Å²) in [6.45, 7) is -0.426. The van der Waals surface area contributed by atoms with Crippen molar-refractivity contribution in [2.75, 3.05) is 19.0 Å². The van der Waals surface area contributed by atoms with Gasteiger partial charge in [-0.25, -0.2) is 13.8 Å². The van der Waals surface area contributed by atoms with E-state index in [1.54, 1.807) is 0 Å². The average molecular weight is 235 g/mol. The number of aromatic nitrogens is 2. The number of hydrogen-bond acceptors (Lipinski definition) is 5. The Bertz CT molecular complexity index is 396. The van der Waals surface area contributed by atoms with E-state index in [0.29, 0.717) is 0 Å². The fraction of sp³-hybridized carbons (Fsp3) is 0.500. The van der Waals surface area contributed by atoms with Crippen LogP contribution < -0.4 is 15.6 Å². The number of anilines is 1. The molecule has 8 heteroatoms. The summed E-state index contributed by atoms with van der Waals surface area (Å²) in [7, 11) is 1.25. The lowest BCUT2D eigenvalue weighted by Crippen LogP contribution is -2.28. The normalized spacial score (nSPS) is 12.6. The van der Waals surface area contributed by atoms with Crippen LogP contribution in [0.3, 0.4) is 0 Å². The Balaban J connectivity index is 2.74. The molecule has 0 saturated heterocycles. The summed E-state index contributed by atoms with van der Waals surface area (Å²) in [5, 5.41) is 11.3. The van der Waals surface area contributed by atoms with E-state index in [0.717, 1.165) is 6.33 Å². The predicted octanol–water partition coefficient (Wildman–Crippen LogP) is -0.184. The largest absolute Gasteiger partial charge is 0.489 e. The Hall–Kier alpha value is -1.70. The molecule has 16 heavy (non-hydrogen) atoms. The van der Waals surface area contributed by atoms with E-state index in [9.17, 15) is 13.6 Å². The van der Waals surface area contributed by atoms with E-state index < -0.39 is 24.6 Å². The zero-order valence-corrected chi connectivity index (χ0v) is 8.41. The lowest BCUT2D eigenvalue weighted by Gasteiger charge is -2.12. The van der Waals surface area contributed by atoms with Crippen LogP contribution in [0.5, 0.6) is 5.75 Å². The van der Waals surface area contributed by atoms with Gasteiger partial charge in [0.2, 0.25) is 5.75 Å². The molecule has 3 N–H and O–H groups in total. The van der Waals surface area contributed by atoms with Crippen molar-refractivity contribution in [1.29, 1.82) is 0 Å². The molecule has 1 aromatic heterocycles. The SMILES string of the molecule is COc1c(NCC(O)C(F)F)nc[nH]c1=O.